The Morgan fingerprint density at radius 1 is 1.57 bits per heavy atom. The molecule has 1 N–H and O–H groups in total. The molecular formula is C11H18N2O. The van der Waals surface area contributed by atoms with Crippen LogP contribution in [-0.2, 0) is 6.54 Å². The summed E-state index contributed by atoms with van der Waals surface area (Å²) < 4.78 is 5.07. The third-order valence-corrected chi connectivity index (χ3v) is 2.79. The molecule has 1 atom stereocenters. The van der Waals surface area contributed by atoms with Gasteiger partial charge in [0.05, 0.1) is 12.5 Å². The molecule has 1 saturated heterocycles. The van der Waals surface area contributed by atoms with Crippen molar-refractivity contribution in [1.29, 1.82) is 0 Å². The van der Waals surface area contributed by atoms with Crippen molar-refractivity contribution in [3.63, 3.8) is 0 Å². The molecule has 1 fully saturated rings. The van der Waals surface area contributed by atoms with Gasteiger partial charge < -0.3 is 9.73 Å². The smallest absolute Gasteiger partial charge is 0.0947 e. The standard InChI is InChI=1S/C11H18N2O/c1-10-2-5-13(6-4-12-10)8-11-3-7-14-9-11/h3,7,9-10,12H,2,4-6,8H2,1H3. The van der Waals surface area contributed by atoms with Crippen LogP contribution >= 0.6 is 0 Å². The zero-order valence-electron chi connectivity index (χ0n) is 8.70. The molecular weight excluding hydrogens is 176 g/mol. The minimum absolute atomic E-state index is 0.657. The lowest BCUT2D eigenvalue weighted by Gasteiger charge is -2.18. The molecule has 0 spiro atoms. The molecule has 78 valence electrons. The molecule has 1 aromatic heterocycles. The maximum Gasteiger partial charge on any atom is 0.0947 e. The molecule has 0 radical (unpaired) electrons. The maximum absolute atomic E-state index is 5.07. The highest BCUT2D eigenvalue weighted by Gasteiger charge is 2.13. The van der Waals surface area contributed by atoms with E-state index in [0.29, 0.717) is 6.04 Å². The third-order valence-electron chi connectivity index (χ3n) is 2.79. The lowest BCUT2D eigenvalue weighted by atomic mass is 10.2. The molecule has 0 bridgehead atoms. The average Bonchev–Trinajstić information content (AvgIpc) is 2.58. The molecule has 0 aliphatic carbocycles. The predicted molar refractivity (Wildman–Crippen MR) is 56.1 cm³/mol. The Morgan fingerprint density at radius 2 is 2.50 bits per heavy atom. The fraction of sp³-hybridized carbons (Fsp3) is 0.636. The van der Waals surface area contributed by atoms with E-state index >= 15 is 0 Å². The van der Waals surface area contributed by atoms with E-state index in [4.69, 9.17) is 4.42 Å². The molecule has 2 heterocycles. The van der Waals surface area contributed by atoms with Crippen LogP contribution in [0.5, 0.6) is 0 Å². The van der Waals surface area contributed by atoms with Gasteiger partial charge in [0.15, 0.2) is 0 Å². The quantitative estimate of drug-likeness (QED) is 0.772. The lowest BCUT2D eigenvalue weighted by molar-refractivity contribution is 0.281. The van der Waals surface area contributed by atoms with E-state index in [-0.39, 0.29) is 0 Å². The Morgan fingerprint density at radius 3 is 3.29 bits per heavy atom. The van der Waals surface area contributed by atoms with E-state index in [9.17, 15) is 0 Å². The number of rotatable bonds is 2. The summed E-state index contributed by atoms with van der Waals surface area (Å²) in [7, 11) is 0. The Balaban J connectivity index is 1.86. The van der Waals surface area contributed by atoms with Gasteiger partial charge in [0.2, 0.25) is 0 Å². The van der Waals surface area contributed by atoms with Crippen molar-refractivity contribution in [3.05, 3.63) is 24.2 Å². The van der Waals surface area contributed by atoms with Gasteiger partial charge in [-0.1, -0.05) is 0 Å². The van der Waals surface area contributed by atoms with E-state index in [1.165, 1.54) is 18.5 Å². The van der Waals surface area contributed by atoms with Crippen molar-refractivity contribution in [2.24, 2.45) is 0 Å². The Labute approximate surface area is 85.1 Å². The zero-order chi connectivity index (χ0) is 9.80. The van der Waals surface area contributed by atoms with Crippen molar-refractivity contribution in [2.45, 2.75) is 25.9 Å². The van der Waals surface area contributed by atoms with E-state index < -0.39 is 0 Å². The molecule has 1 unspecified atom stereocenters. The first-order valence-electron chi connectivity index (χ1n) is 5.31. The monoisotopic (exact) mass is 194 g/mol. The van der Waals surface area contributed by atoms with Crippen LogP contribution in [0.2, 0.25) is 0 Å². The van der Waals surface area contributed by atoms with Crippen LogP contribution < -0.4 is 5.32 Å². The van der Waals surface area contributed by atoms with Gasteiger partial charge in [0, 0.05) is 37.8 Å². The summed E-state index contributed by atoms with van der Waals surface area (Å²) in [6, 6.07) is 2.70. The maximum atomic E-state index is 5.07. The fourth-order valence-electron chi connectivity index (χ4n) is 1.86. The first-order chi connectivity index (χ1) is 6.84. The molecule has 3 nitrogen and oxygen atoms in total. The Bertz CT molecular complexity index is 258. The van der Waals surface area contributed by atoms with E-state index in [1.807, 2.05) is 12.3 Å². The van der Waals surface area contributed by atoms with Gasteiger partial charge in [0.25, 0.3) is 0 Å². The molecule has 0 amide bonds. The molecule has 14 heavy (non-hydrogen) atoms. The van der Waals surface area contributed by atoms with Crippen LogP contribution in [0.3, 0.4) is 0 Å². The number of nitrogens with one attached hydrogen (secondary N) is 1. The van der Waals surface area contributed by atoms with Crippen molar-refractivity contribution in [3.8, 4) is 0 Å². The van der Waals surface area contributed by atoms with Gasteiger partial charge in [-0.05, 0) is 19.4 Å². The van der Waals surface area contributed by atoms with Crippen LogP contribution in [0.4, 0.5) is 0 Å². The number of hydrogen-bond acceptors (Lipinski definition) is 3. The van der Waals surface area contributed by atoms with Crippen molar-refractivity contribution in [1.82, 2.24) is 10.2 Å². The average molecular weight is 194 g/mol. The molecule has 3 heteroatoms. The second kappa shape index (κ2) is 4.62. The van der Waals surface area contributed by atoms with Crippen molar-refractivity contribution < 1.29 is 4.42 Å². The van der Waals surface area contributed by atoms with Crippen LogP contribution in [0.25, 0.3) is 0 Å². The third kappa shape index (κ3) is 2.59. The van der Waals surface area contributed by atoms with Crippen LogP contribution in [0.15, 0.2) is 23.0 Å². The van der Waals surface area contributed by atoms with Gasteiger partial charge >= 0.3 is 0 Å². The normalized spacial score (nSPS) is 24.8. The summed E-state index contributed by atoms with van der Waals surface area (Å²) in [5.74, 6) is 0. The predicted octanol–water partition coefficient (Wildman–Crippen LogP) is 1.46. The van der Waals surface area contributed by atoms with Crippen LogP contribution in [-0.4, -0.2) is 30.6 Å². The van der Waals surface area contributed by atoms with E-state index in [2.05, 4.69) is 17.1 Å². The minimum Gasteiger partial charge on any atom is -0.472 e. The van der Waals surface area contributed by atoms with Gasteiger partial charge in [-0.15, -0.1) is 0 Å². The number of nitrogens with zero attached hydrogens (tertiary/aromatic N) is 1. The topological polar surface area (TPSA) is 28.4 Å². The summed E-state index contributed by atoms with van der Waals surface area (Å²) in [5, 5.41) is 3.49. The molecule has 0 saturated carbocycles. The molecule has 0 aromatic carbocycles. The van der Waals surface area contributed by atoms with Gasteiger partial charge in [-0.3, -0.25) is 4.90 Å². The second-order valence-electron chi connectivity index (χ2n) is 4.05. The number of hydrogen-bond donors (Lipinski definition) is 1. The van der Waals surface area contributed by atoms with E-state index in [1.54, 1.807) is 6.26 Å². The first kappa shape index (κ1) is 9.74. The highest BCUT2D eigenvalue weighted by molar-refractivity contribution is 5.04. The fourth-order valence-corrected chi connectivity index (χ4v) is 1.86. The van der Waals surface area contributed by atoms with Gasteiger partial charge in [-0.2, -0.15) is 0 Å². The highest BCUT2D eigenvalue weighted by Crippen LogP contribution is 2.08. The van der Waals surface area contributed by atoms with Crippen LogP contribution in [0.1, 0.15) is 18.9 Å². The lowest BCUT2D eigenvalue weighted by Crippen LogP contribution is -2.28. The second-order valence-corrected chi connectivity index (χ2v) is 4.05. The Hall–Kier alpha value is -0.800. The molecule has 2 rings (SSSR count). The van der Waals surface area contributed by atoms with E-state index in [0.717, 1.165) is 19.6 Å². The summed E-state index contributed by atoms with van der Waals surface area (Å²) in [6.45, 7) is 6.68. The molecule has 1 aliphatic rings. The van der Waals surface area contributed by atoms with Crippen molar-refractivity contribution >= 4 is 0 Å². The largest absolute Gasteiger partial charge is 0.472 e. The zero-order valence-corrected chi connectivity index (χ0v) is 8.70. The SMILES string of the molecule is CC1CCN(Cc2ccoc2)CCN1. The molecule has 1 aromatic rings. The summed E-state index contributed by atoms with van der Waals surface area (Å²) in [4.78, 5) is 2.47. The Kier molecular flexibility index (Phi) is 3.22. The summed E-state index contributed by atoms with van der Waals surface area (Å²) in [5.41, 5.74) is 1.28. The van der Waals surface area contributed by atoms with Gasteiger partial charge in [0.1, 0.15) is 0 Å². The molecule has 1 aliphatic heterocycles. The summed E-state index contributed by atoms with van der Waals surface area (Å²) >= 11 is 0. The summed E-state index contributed by atoms with van der Waals surface area (Å²) in [6.07, 6.45) is 4.81. The first-order valence-corrected chi connectivity index (χ1v) is 5.31. The van der Waals surface area contributed by atoms with Crippen LogP contribution in [0, 0.1) is 0 Å². The van der Waals surface area contributed by atoms with Gasteiger partial charge in [-0.25, -0.2) is 0 Å². The minimum atomic E-state index is 0.657. The highest BCUT2D eigenvalue weighted by atomic mass is 16.3. The van der Waals surface area contributed by atoms with Crippen molar-refractivity contribution in [2.75, 3.05) is 19.6 Å². The number of furan rings is 1.